The molecule has 2 rings (SSSR count). The van der Waals surface area contributed by atoms with E-state index in [9.17, 15) is 5.11 Å². The molecule has 0 aliphatic heterocycles. The number of phenolic OH excluding ortho intramolecular Hbond substituents is 1. The average molecular weight is 400 g/mol. The topological polar surface area (TPSA) is 23.5 Å². The third kappa shape index (κ3) is 5.16. The van der Waals surface area contributed by atoms with E-state index in [-0.39, 0.29) is 5.16 Å². The summed E-state index contributed by atoms with van der Waals surface area (Å²) in [5.41, 5.74) is 5.99. The summed E-state index contributed by atoms with van der Waals surface area (Å²) in [6.45, 7) is 20.9. The second-order valence-corrected chi connectivity index (χ2v) is 11.2. The Morgan fingerprint density at radius 1 is 0.964 bits per heavy atom. The third-order valence-electron chi connectivity index (χ3n) is 5.59. The quantitative estimate of drug-likeness (QED) is 0.562. The molecule has 154 valence electrons. The van der Waals surface area contributed by atoms with Crippen LogP contribution < -0.4 is 5.30 Å². The van der Waals surface area contributed by atoms with Crippen LogP contribution in [0.25, 0.3) is 0 Å². The molecule has 0 heterocycles. The highest BCUT2D eigenvalue weighted by Crippen LogP contribution is 2.46. The van der Waals surface area contributed by atoms with Crippen LogP contribution in [0.15, 0.2) is 30.3 Å². The molecule has 0 fully saturated rings. The average Bonchev–Trinajstić information content (AvgIpc) is 2.57. The van der Waals surface area contributed by atoms with Gasteiger partial charge in [-0.3, -0.25) is 4.90 Å². The molecule has 2 aromatic carbocycles. The summed E-state index contributed by atoms with van der Waals surface area (Å²) >= 11 is 0. The maximum atomic E-state index is 10.8. The minimum absolute atomic E-state index is 0.123. The molecule has 28 heavy (non-hydrogen) atoms. The van der Waals surface area contributed by atoms with Crippen molar-refractivity contribution in [1.29, 1.82) is 0 Å². The molecule has 0 radical (unpaired) electrons. The van der Waals surface area contributed by atoms with Gasteiger partial charge in [0.05, 0.1) is 0 Å². The molecule has 1 unspecified atom stereocenters. The number of phenols is 1. The molecule has 0 saturated heterocycles. The molecule has 0 saturated carbocycles. The first-order chi connectivity index (χ1) is 12.9. The van der Waals surface area contributed by atoms with Crippen molar-refractivity contribution in [3.63, 3.8) is 0 Å². The van der Waals surface area contributed by atoms with Crippen LogP contribution >= 0.6 is 8.58 Å². The van der Waals surface area contributed by atoms with E-state index >= 15 is 0 Å². The zero-order chi connectivity index (χ0) is 21.2. The molecule has 1 N–H and O–H groups in total. The van der Waals surface area contributed by atoms with E-state index in [0.717, 1.165) is 17.7 Å². The van der Waals surface area contributed by atoms with Crippen LogP contribution in [0.4, 0.5) is 0 Å². The van der Waals surface area contributed by atoms with Crippen molar-refractivity contribution in [2.24, 2.45) is 0 Å². The second kappa shape index (κ2) is 8.97. The van der Waals surface area contributed by atoms with E-state index in [4.69, 9.17) is 0 Å². The Morgan fingerprint density at radius 2 is 1.57 bits per heavy atom. The Hall–Kier alpha value is -1.37. The summed E-state index contributed by atoms with van der Waals surface area (Å²) in [6, 6.07) is 11.9. The number of aromatic hydroxyl groups is 1. The lowest BCUT2D eigenvalue weighted by Gasteiger charge is -2.33. The zero-order valence-electron chi connectivity index (χ0n) is 19.1. The molecular formula is C25H38NOP. The van der Waals surface area contributed by atoms with Gasteiger partial charge in [0.15, 0.2) is 0 Å². The van der Waals surface area contributed by atoms with Gasteiger partial charge < -0.3 is 5.11 Å². The number of hydrogen-bond donors (Lipinski definition) is 1. The standard InChI is InChI=1S/C25H38NOP/c1-16(2)26(17(3)4)15-21-12-10-11-19(6)24(21)28-25(8,9)22-14-18(5)13-20(7)23(22)27/h10-14,16-17,27-28H,15H2,1-9H3. The van der Waals surface area contributed by atoms with Crippen LogP contribution in [0.5, 0.6) is 5.75 Å². The van der Waals surface area contributed by atoms with Crippen molar-refractivity contribution in [3.8, 4) is 5.75 Å². The number of nitrogens with zero attached hydrogens (tertiary/aromatic N) is 1. The van der Waals surface area contributed by atoms with Crippen LogP contribution in [-0.4, -0.2) is 22.1 Å². The van der Waals surface area contributed by atoms with E-state index in [2.05, 4.69) is 90.6 Å². The highest BCUT2D eigenvalue weighted by atomic mass is 31.1. The first-order valence-electron chi connectivity index (χ1n) is 10.4. The molecule has 1 atom stereocenters. The lowest BCUT2D eigenvalue weighted by atomic mass is 9.96. The number of aryl methyl sites for hydroxylation is 3. The fraction of sp³-hybridized carbons (Fsp3) is 0.520. The van der Waals surface area contributed by atoms with Crippen molar-refractivity contribution >= 4 is 13.9 Å². The molecule has 0 aliphatic rings. The maximum absolute atomic E-state index is 10.8. The first kappa shape index (κ1) is 22.9. The maximum Gasteiger partial charge on any atom is 0.122 e. The molecule has 2 nitrogen and oxygen atoms in total. The van der Waals surface area contributed by atoms with Gasteiger partial charge in [-0.15, -0.1) is 0 Å². The molecule has 2 aromatic rings. The van der Waals surface area contributed by atoms with Crippen molar-refractivity contribution in [1.82, 2.24) is 4.90 Å². The van der Waals surface area contributed by atoms with Gasteiger partial charge in [0.2, 0.25) is 0 Å². The summed E-state index contributed by atoms with van der Waals surface area (Å²) in [4.78, 5) is 2.55. The second-order valence-electron chi connectivity index (χ2n) is 9.20. The van der Waals surface area contributed by atoms with Gasteiger partial charge in [0.25, 0.3) is 0 Å². The normalized spacial score (nSPS) is 12.9. The summed E-state index contributed by atoms with van der Waals surface area (Å²) in [7, 11) is 0.595. The zero-order valence-corrected chi connectivity index (χ0v) is 20.1. The summed E-state index contributed by atoms with van der Waals surface area (Å²) in [6.07, 6.45) is 0. The van der Waals surface area contributed by atoms with Gasteiger partial charge in [0.1, 0.15) is 5.75 Å². The van der Waals surface area contributed by atoms with E-state index in [0.29, 0.717) is 26.4 Å². The van der Waals surface area contributed by atoms with Crippen molar-refractivity contribution in [2.45, 2.75) is 86.1 Å². The van der Waals surface area contributed by atoms with Gasteiger partial charge in [-0.05, 0) is 70.5 Å². The minimum Gasteiger partial charge on any atom is -0.507 e. The largest absolute Gasteiger partial charge is 0.507 e. The van der Waals surface area contributed by atoms with Gasteiger partial charge in [-0.25, -0.2) is 0 Å². The lowest BCUT2D eigenvalue weighted by Crippen LogP contribution is -2.37. The van der Waals surface area contributed by atoms with Gasteiger partial charge >= 0.3 is 0 Å². The van der Waals surface area contributed by atoms with Crippen molar-refractivity contribution in [2.75, 3.05) is 0 Å². The Morgan fingerprint density at radius 3 is 2.14 bits per heavy atom. The summed E-state index contributed by atoms with van der Waals surface area (Å²) in [5.74, 6) is 0.448. The smallest absolute Gasteiger partial charge is 0.122 e. The molecule has 0 amide bonds. The SMILES string of the molecule is Cc1cc(C)c(O)c(C(C)(C)Pc2c(C)cccc2CN(C(C)C)C(C)C)c1. The Bertz CT molecular complexity index is 816. The van der Waals surface area contributed by atoms with E-state index in [1.54, 1.807) is 0 Å². The molecule has 0 spiro atoms. The van der Waals surface area contributed by atoms with E-state index < -0.39 is 0 Å². The monoisotopic (exact) mass is 399 g/mol. The van der Waals surface area contributed by atoms with Crippen LogP contribution in [0.1, 0.15) is 69.4 Å². The predicted octanol–water partition coefficient (Wildman–Crippen LogP) is 6.18. The highest BCUT2D eigenvalue weighted by Gasteiger charge is 2.28. The summed E-state index contributed by atoms with van der Waals surface area (Å²) in [5, 5.41) is 12.1. The van der Waals surface area contributed by atoms with Crippen LogP contribution in [0.2, 0.25) is 0 Å². The fourth-order valence-corrected chi connectivity index (χ4v) is 5.57. The Kier molecular flexibility index (Phi) is 7.34. The van der Waals surface area contributed by atoms with E-state index in [1.807, 2.05) is 6.92 Å². The van der Waals surface area contributed by atoms with Crippen LogP contribution in [-0.2, 0) is 11.7 Å². The number of benzene rings is 2. The molecule has 0 aliphatic carbocycles. The molecular weight excluding hydrogens is 361 g/mol. The van der Waals surface area contributed by atoms with Crippen LogP contribution in [0.3, 0.4) is 0 Å². The van der Waals surface area contributed by atoms with Crippen molar-refractivity contribution < 1.29 is 5.11 Å². The first-order valence-corrected chi connectivity index (χ1v) is 11.4. The third-order valence-corrected chi connectivity index (χ3v) is 7.45. The van der Waals surface area contributed by atoms with Crippen LogP contribution in [0, 0.1) is 20.8 Å². The summed E-state index contributed by atoms with van der Waals surface area (Å²) < 4.78 is 0. The Balaban J connectivity index is 2.46. The number of rotatable bonds is 7. The molecule has 3 heteroatoms. The highest BCUT2D eigenvalue weighted by molar-refractivity contribution is 7.48. The minimum atomic E-state index is -0.123. The molecule has 0 aromatic heterocycles. The predicted molar refractivity (Wildman–Crippen MR) is 126 cm³/mol. The van der Waals surface area contributed by atoms with Gasteiger partial charge in [-0.2, -0.15) is 0 Å². The van der Waals surface area contributed by atoms with Crippen molar-refractivity contribution in [3.05, 3.63) is 58.1 Å². The van der Waals surface area contributed by atoms with Gasteiger partial charge in [-0.1, -0.05) is 58.3 Å². The molecule has 0 bridgehead atoms. The fourth-order valence-electron chi connectivity index (χ4n) is 4.01. The van der Waals surface area contributed by atoms with Gasteiger partial charge in [0, 0.05) is 29.3 Å². The number of hydrogen-bond acceptors (Lipinski definition) is 2. The Labute approximate surface area is 174 Å². The van der Waals surface area contributed by atoms with E-state index in [1.165, 1.54) is 22.0 Å². The lowest BCUT2D eigenvalue weighted by molar-refractivity contribution is 0.166.